The Morgan fingerprint density at radius 2 is 1.38 bits per heavy atom. The van der Waals surface area contributed by atoms with Crippen LogP contribution in [0.5, 0.6) is 0 Å². The number of aromatic carboxylic acids is 1. The third kappa shape index (κ3) is 7.15. The Morgan fingerprint density at radius 1 is 0.760 bits per heavy atom. The van der Waals surface area contributed by atoms with Crippen LogP contribution in [0.1, 0.15) is 83.5 Å². The monoisotopic (exact) mass is 692 g/mol. The molecule has 1 saturated carbocycles. The number of carboxylic acids is 1. The second-order valence-corrected chi connectivity index (χ2v) is 13.0. The van der Waals surface area contributed by atoms with Crippen molar-refractivity contribution in [2.24, 2.45) is 0 Å². The lowest BCUT2D eigenvalue weighted by molar-refractivity contribution is -0.175. The molecule has 0 bridgehead atoms. The zero-order valence-corrected chi connectivity index (χ0v) is 27.3. The van der Waals surface area contributed by atoms with E-state index in [1.54, 1.807) is 30.3 Å². The second kappa shape index (κ2) is 15.1. The van der Waals surface area contributed by atoms with Crippen LogP contribution < -0.4 is 4.90 Å². The second-order valence-electron chi connectivity index (χ2n) is 13.0. The molecule has 1 amide bonds. The predicted octanol–water partition coefficient (Wildman–Crippen LogP) is 8.87. The smallest absolute Gasteiger partial charge is 0.335 e. The van der Waals surface area contributed by atoms with Crippen LogP contribution in [0, 0.1) is 29.1 Å². The average molecular weight is 693 g/mol. The van der Waals surface area contributed by atoms with Crippen LogP contribution in [0.2, 0.25) is 0 Å². The number of benzene rings is 4. The maximum atomic E-state index is 15.0. The SMILES string of the molecule is O=C(O)c1ccc(N(Cc2ccc(C3CCCCC3)cc2)C(=O)C2(OCc3ccccc3)CCCN2Cc2c(F)c(F)c(F)c(F)c2F)cc1. The van der Waals surface area contributed by atoms with Gasteiger partial charge >= 0.3 is 5.97 Å². The molecular weight excluding hydrogens is 655 g/mol. The maximum Gasteiger partial charge on any atom is 0.335 e. The highest BCUT2D eigenvalue weighted by molar-refractivity contribution is 6.00. The molecule has 1 unspecified atom stereocenters. The van der Waals surface area contributed by atoms with E-state index >= 15 is 13.6 Å². The number of carbonyl (C=O) groups excluding carboxylic acids is 1. The maximum absolute atomic E-state index is 15.0. The number of halogens is 5. The number of carbonyl (C=O) groups is 2. The Morgan fingerprint density at radius 3 is 2.00 bits per heavy atom. The number of ether oxygens (including phenoxy) is 1. The van der Waals surface area contributed by atoms with Crippen LogP contribution in [0.25, 0.3) is 0 Å². The molecule has 1 aliphatic carbocycles. The van der Waals surface area contributed by atoms with Gasteiger partial charge in [0.25, 0.3) is 5.91 Å². The van der Waals surface area contributed by atoms with Crippen molar-refractivity contribution in [2.45, 2.75) is 76.3 Å². The first kappa shape index (κ1) is 35.2. The minimum absolute atomic E-state index is 0.00170. The number of likely N-dealkylation sites (tertiary alicyclic amines) is 1. The molecule has 1 aliphatic heterocycles. The van der Waals surface area contributed by atoms with E-state index in [9.17, 15) is 23.1 Å². The summed E-state index contributed by atoms with van der Waals surface area (Å²) in [6.07, 6.45) is 6.17. The van der Waals surface area contributed by atoms with Crippen LogP contribution in [-0.2, 0) is 29.2 Å². The summed E-state index contributed by atoms with van der Waals surface area (Å²) < 4.78 is 79.0. The number of hydrogen-bond acceptors (Lipinski definition) is 4. The molecule has 6 rings (SSSR count). The summed E-state index contributed by atoms with van der Waals surface area (Å²) in [4.78, 5) is 29.4. The van der Waals surface area contributed by atoms with Crippen LogP contribution in [0.15, 0.2) is 78.9 Å². The molecule has 1 atom stereocenters. The van der Waals surface area contributed by atoms with E-state index in [4.69, 9.17) is 4.74 Å². The molecule has 0 aromatic heterocycles. The summed E-state index contributed by atoms with van der Waals surface area (Å²) in [6.45, 7) is -0.804. The van der Waals surface area contributed by atoms with Gasteiger partial charge in [-0.05, 0) is 66.1 Å². The minimum atomic E-state index is -2.27. The van der Waals surface area contributed by atoms with Gasteiger partial charge in [0.1, 0.15) is 0 Å². The Labute approximate surface area is 287 Å². The van der Waals surface area contributed by atoms with E-state index in [1.807, 2.05) is 24.3 Å². The van der Waals surface area contributed by atoms with Gasteiger partial charge in [0.15, 0.2) is 23.3 Å². The van der Waals surface area contributed by atoms with Crippen molar-refractivity contribution in [1.29, 1.82) is 0 Å². The van der Waals surface area contributed by atoms with E-state index in [0.717, 1.165) is 18.4 Å². The third-order valence-corrected chi connectivity index (χ3v) is 9.83. The van der Waals surface area contributed by atoms with Crippen LogP contribution in [-0.4, -0.2) is 34.2 Å². The summed E-state index contributed by atoms with van der Waals surface area (Å²) in [7, 11) is 0. The zero-order valence-electron chi connectivity index (χ0n) is 27.3. The van der Waals surface area contributed by atoms with Crippen LogP contribution in [0.3, 0.4) is 0 Å². The largest absolute Gasteiger partial charge is 0.478 e. The molecule has 2 aliphatic rings. The van der Waals surface area contributed by atoms with Gasteiger partial charge in [-0.1, -0.05) is 73.9 Å². The van der Waals surface area contributed by atoms with Crippen molar-refractivity contribution in [2.75, 3.05) is 11.4 Å². The third-order valence-electron chi connectivity index (χ3n) is 9.83. The van der Waals surface area contributed by atoms with E-state index in [2.05, 4.69) is 0 Å². The molecule has 11 heteroatoms. The Balaban J connectivity index is 1.40. The van der Waals surface area contributed by atoms with E-state index in [-0.39, 0.29) is 31.7 Å². The van der Waals surface area contributed by atoms with Gasteiger partial charge in [-0.2, -0.15) is 0 Å². The van der Waals surface area contributed by atoms with E-state index in [1.165, 1.54) is 58.9 Å². The molecule has 2 fully saturated rings. The lowest BCUT2D eigenvalue weighted by Gasteiger charge is -2.40. The van der Waals surface area contributed by atoms with Crippen LogP contribution in [0.4, 0.5) is 27.6 Å². The fraction of sp³-hybridized carbons (Fsp3) is 0.333. The number of nitrogens with zero attached hydrogens (tertiary/aromatic N) is 2. The summed E-state index contributed by atoms with van der Waals surface area (Å²) in [5.74, 6) is -11.7. The minimum Gasteiger partial charge on any atom is -0.478 e. The predicted molar refractivity (Wildman–Crippen MR) is 177 cm³/mol. The molecular formula is C39H37F5N2O4. The molecule has 4 aromatic carbocycles. The summed E-state index contributed by atoms with van der Waals surface area (Å²) in [6, 6.07) is 22.6. The Bertz CT molecular complexity index is 1800. The van der Waals surface area contributed by atoms with Gasteiger partial charge in [0, 0.05) is 30.8 Å². The Hall–Kier alpha value is -4.61. The first-order chi connectivity index (χ1) is 24.1. The van der Waals surface area contributed by atoms with Crippen molar-refractivity contribution in [3.05, 3.63) is 136 Å². The standard InChI is InChI=1S/C39H37F5N2O4/c40-32-31(33(41)35(43)36(44)34(32)42)23-45-21-7-20-39(45,50-24-26-8-3-1-4-9-26)38(49)46(30-18-16-29(17-19-30)37(47)48)22-25-12-14-28(15-13-25)27-10-5-2-6-11-27/h1,3-4,8-9,12-19,27H,2,5-7,10-11,20-24H2,(H,47,48). The van der Waals surface area contributed by atoms with Gasteiger partial charge in [-0.15, -0.1) is 0 Å². The van der Waals surface area contributed by atoms with E-state index < -0.39 is 58.8 Å². The van der Waals surface area contributed by atoms with Crippen molar-refractivity contribution in [3.63, 3.8) is 0 Å². The Kier molecular flexibility index (Phi) is 10.6. The number of hydrogen-bond donors (Lipinski definition) is 1. The summed E-state index contributed by atoms with van der Waals surface area (Å²) >= 11 is 0. The highest BCUT2D eigenvalue weighted by Gasteiger charge is 2.51. The normalized spacial score (nSPS) is 18.3. The number of rotatable bonds is 11. The molecule has 0 spiro atoms. The molecule has 4 aromatic rings. The summed E-state index contributed by atoms with van der Waals surface area (Å²) in [5, 5.41) is 9.51. The number of amides is 1. The van der Waals surface area contributed by atoms with Crippen molar-refractivity contribution in [3.8, 4) is 0 Å². The zero-order chi connectivity index (χ0) is 35.4. The average Bonchev–Trinajstić information content (AvgIpc) is 3.57. The molecule has 1 heterocycles. The molecule has 1 N–H and O–H groups in total. The molecule has 6 nitrogen and oxygen atoms in total. The summed E-state index contributed by atoms with van der Waals surface area (Å²) in [5.41, 5.74) is 0.0537. The quantitative estimate of drug-likeness (QED) is 0.0967. The first-order valence-electron chi connectivity index (χ1n) is 16.8. The molecule has 262 valence electrons. The molecule has 50 heavy (non-hydrogen) atoms. The van der Waals surface area contributed by atoms with Gasteiger partial charge in [-0.3, -0.25) is 9.69 Å². The van der Waals surface area contributed by atoms with Crippen molar-refractivity contribution >= 4 is 17.6 Å². The van der Waals surface area contributed by atoms with Gasteiger partial charge in [-0.25, -0.2) is 26.7 Å². The van der Waals surface area contributed by atoms with Crippen LogP contribution >= 0.6 is 0 Å². The van der Waals surface area contributed by atoms with Gasteiger partial charge in [0.2, 0.25) is 11.5 Å². The number of anilines is 1. The first-order valence-corrected chi connectivity index (χ1v) is 16.8. The topological polar surface area (TPSA) is 70.1 Å². The molecule has 1 saturated heterocycles. The lowest BCUT2D eigenvalue weighted by Crippen LogP contribution is -2.58. The fourth-order valence-corrected chi connectivity index (χ4v) is 7.07. The lowest BCUT2D eigenvalue weighted by atomic mass is 9.84. The van der Waals surface area contributed by atoms with Gasteiger partial charge < -0.3 is 14.7 Å². The fourth-order valence-electron chi connectivity index (χ4n) is 7.07. The van der Waals surface area contributed by atoms with Crippen molar-refractivity contribution < 1.29 is 41.4 Å². The highest BCUT2D eigenvalue weighted by atomic mass is 19.2. The number of carboxylic acid groups (broad SMARTS) is 1. The highest BCUT2D eigenvalue weighted by Crippen LogP contribution is 2.39. The molecule has 0 radical (unpaired) electrons. The van der Waals surface area contributed by atoms with Crippen molar-refractivity contribution in [1.82, 2.24) is 4.90 Å². The van der Waals surface area contributed by atoms with Gasteiger partial charge in [0.05, 0.1) is 18.7 Å². The van der Waals surface area contributed by atoms with E-state index in [0.29, 0.717) is 23.6 Å².